The molecular weight excluding hydrogens is 407 g/mol. The first-order valence-corrected chi connectivity index (χ1v) is 10.2. The average Bonchev–Trinajstić information content (AvgIpc) is 3.12. The van der Waals surface area contributed by atoms with Gasteiger partial charge in [0.2, 0.25) is 0 Å². The molecule has 0 spiro atoms. The molecule has 0 saturated carbocycles. The highest BCUT2D eigenvalue weighted by molar-refractivity contribution is 5.96. The summed E-state index contributed by atoms with van der Waals surface area (Å²) >= 11 is 0. The van der Waals surface area contributed by atoms with Crippen LogP contribution in [-0.4, -0.2) is 32.8 Å². The van der Waals surface area contributed by atoms with Crippen molar-refractivity contribution in [2.24, 2.45) is 4.99 Å². The van der Waals surface area contributed by atoms with Crippen LogP contribution in [-0.2, 0) is 0 Å². The lowest BCUT2D eigenvalue weighted by Crippen LogP contribution is -2.18. The highest BCUT2D eigenvalue weighted by Gasteiger charge is 2.15. The van der Waals surface area contributed by atoms with Gasteiger partial charge in [-0.05, 0) is 38.1 Å². The molecule has 162 valence electrons. The number of H-pyrrole nitrogens is 1. The molecule has 7 nitrogen and oxygen atoms in total. The van der Waals surface area contributed by atoms with Gasteiger partial charge in [-0.3, -0.25) is 9.56 Å². The minimum Gasteiger partial charge on any atom is -0.386 e. The Morgan fingerprint density at radius 1 is 1.16 bits per heavy atom. The highest BCUT2D eigenvalue weighted by Crippen LogP contribution is 2.28. The van der Waals surface area contributed by atoms with Gasteiger partial charge in [0, 0.05) is 48.4 Å². The number of aromatic nitrogens is 4. The van der Waals surface area contributed by atoms with Gasteiger partial charge in [-0.2, -0.15) is 0 Å². The van der Waals surface area contributed by atoms with E-state index in [4.69, 9.17) is 4.99 Å². The van der Waals surface area contributed by atoms with Crippen LogP contribution < -0.4 is 11.0 Å². The molecule has 0 saturated heterocycles. The van der Waals surface area contributed by atoms with Gasteiger partial charge < -0.3 is 10.3 Å². The van der Waals surface area contributed by atoms with E-state index < -0.39 is 0 Å². The van der Waals surface area contributed by atoms with Gasteiger partial charge in [-0.15, -0.1) is 0 Å². The Balaban J connectivity index is 1.93. The maximum atomic E-state index is 14.0. The number of fused-ring (bicyclic) bond motifs is 1. The quantitative estimate of drug-likeness (QED) is 0.357. The molecule has 2 N–H and O–H groups in total. The van der Waals surface area contributed by atoms with Crippen LogP contribution in [0.5, 0.6) is 0 Å². The van der Waals surface area contributed by atoms with E-state index in [0.717, 1.165) is 16.6 Å². The molecule has 0 atom stereocenters. The molecule has 32 heavy (non-hydrogen) atoms. The number of hydrogen-bond donors (Lipinski definition) is 2. The number of aromatic amines is 1. The van der Waals surface area contributed by atoms with Crippen LogP contribution in [0, 0.1) is 5.82 Å². The fourth-order valence-corrected chi connectivity index (χ4v) is 3.63. The molecule has 0 unspecified atom stereocenters. The van der Waals surface area contributed by atoms with Crippen molar-refractivity contribution in [2.75, 3.05) is 7.05 Å². The summed E-state index contributed by atoms with van der Waals surface area (Å²) in [6.45, 7) is 3.92. The minimum absolute atomic E-state index is 0.0216. The van der Waals surface area contributed by atoms with Crippen molar-refractivity contribution in [1.82, 2.24) is 24.8 Å². The van der Waals surface area contributed by atoms with E-state index in [1.165, 1.54) is 18.5 Å². The van der Waals surface area contributed by atoms with Crippen LogP contribution in [0.3, 0.4) is 0 Å². The van der Waals surface area contributed by atoms with Gasteiger partial charge in [0.25, 0.3) is 0 Å². The Hall–Kier alpha value is -4.07. The Kier molecular flexibility index (Phi) is 5.93. The number of hydrogen-bond acceptors (Lipinski definition) is 5. The molecule has 2 heterocycles. The third kappa shape index (κ3) is 4.20. The topological polar surface area (TPSA) is 88.0 Å². The predicted octanol–water partition coefficient (Wildman–Crippen LogP) is 4.00. The summed E-state index contributed by atoms with van der Waals surface area (Å²) < 4.78 is 15.7. The second-order valence-corrected chi connectivity index (χ2v) is 7.54. The van der Waals surface area contributed by atoms with E-state index in [2.05, 4.69) is 20.3 Å². The van der Waals surface area contributed by atoms with Gasteiger partial charge >= 0.3 is 5.69 Å². The predicted molar refractivity (Wildman–Crippen MR) is 125 cm³/mol. The zero-order chi connectivity index (χ0) is 22.7. The van der Waals surface area contributed by atoms with Crippen LogP contribution >= 0.6 is 0 Å². The number of benzene rings is 2. The Morgan fingerprint density at radius 3 is 2.62 bits per heavy atom. The van der Waals surface area contributed by atoms with Crippen LogP contribution in [0.1, 0.15) is 36.6 Å². The fourth-order valence-electron chi connectivity index (χ4n) is 3.63. The summed E-state index contributed by atoms with van der Waals surface area (Å²) in [5, 5.41) is 3.15. The molecule has 0 amide bonds. The SMILES string of the molecule is CN/C(=C(\N=Cc1cncnc1)c1ccc2c(c1)[nH]c(=O)n2C(C)C)c1cccc(F)c1. The van der Waals surface area contributed by atoms with Gasteiger partial charge in [0.05, 0.1) is 22.4 Å². The van der Waals surface area contributed by atoms with Crippen LogP contribution in [0.25, 0.3) is 22.4 Å². The van der Waals surface area contributed by atoms with Gasteiger partial charge in [0.15, 0.2) is 0 Å². The van der Waals surface area contributed by atoms with Crippen LogP contribution in [0.15, 0.2) is 71.0 Å². The van der Waals surface area contributed by atoms with Crippen molar-refractivity contribution in [1.29, 1.82) is 0 Å². The van der Waals surface area contributed by atoms with Crippen molar-refractivity contribution in [3.8, 4) is 0 Å². The van der Waals surface area contributed by atoms with Crippen molar-refractivity contribution in [3.63, 3.8) is 0 Å². The van der Waals surface area contributed by atoms with Crippen molar-refractivity contribution in [3.05, 3.63) is 94.2 Å². The molecule has 0 aliphatic rings. The molecule has 8 heteroatoms. The summed E-state index contributed by atoms with van der Waals surface area (Å²) in [5.41, 5.74) is 4.71. The Bertz CT molecular complexity index is 1370. The zero-order valence-corrected chi connectivity index (χ0v) is 18.0. The molecule has 2 aromatic carbocycles. The number of imidazole rings is 1. The summed E-state index contributed by atoms with van der Waals surface area (Å²) in [6.07, 6.45) is 6.40. The molecular formula is C24H23FN6O. The molecule has 2 aromatic heterocycles. The largest absolute Gasteiger partial charge is 0.386 e. The molecule has 4 aromatic rings. The molecule has 0 fully saturated rings. The lowest BCUT2D eigenvalue weighted by molar-refractivity contribution is 0.598. The van der Waals surface area contributed by atoms with E-state index in [0.29, 0.717) is 22.5 Å². The van der Waals surface area contributed by atoms with Crippen molar-refractivity contribution >= 4 is 28.6 Å². The maximum Gasteiger partial charge on any atom is 0.326 e. The van der Waals surface area contributed by atoms with Gasteiger partial charge in [0.1, 0.15) is 12.1 Å². The van der Waals surface area contributed by atoms with E-state index in [9.17, 15) is 9.18 Å². The number of rotatable bonds is 6. The maximum absolute atomic E-state index is 14.0. The number of halogens is 1. The van der Waals surface area contributed by atoms with E-state index in [1.54, 1.807) is 36.3 Å². The van der Waals surface area contributed by atoms with Crippen LogP contribution in [0.4, 0.5) is 4.39 Å². The molecule has 0 bridgehead atoms. The number of nitrogens with one attached hydrogen (secondary N) is 2. The first kappa shape index (κ1) is 21.2. The Morgan fingerprint density at radius 2 is 1.94 bits per heavy atom. The average molecular weight is 430 g/mol. The monoisotopic (exact) mass is 430 g/mol. The third-order valence-corrected chi connectivity index (χ3v) is 5.03. The molecule has 0 radical (unpaired) electrons. The number of nitrogens with zero attached hydrogens (tertiary/aromatic N) is 4. The zero-order valence-electron chi connectivity index (χ0n) is 18.0. The van der Waals surface area contributed by atoms with Gasteiger partial charge in [-0.1, -0.05) is 18.2 Å². The van der Waals surface area contributed by atoms with Crippen LogP contribution in [0.2, 0.25) is 0 Å². The Labute approximate surface area is 184 Å². The lowest BCUT2D eigenvalue weighted by atomic mass is 10.0. The summed E-state index contributed by atoms with van der Waals surface area (Å²) in [4.78, 5) is 28.1. The van der Waals surface area contributed by atoms with E-state index in [-0.39, 0.29) is 17.5 Å². The first-order valence-electron chi connectivity index (χ1n) is 10.2. The second-order valence-electron chi connectivity index (χ2n) is 7.54. The fraction of sp³-hybridized carbons (Fsp3) is 0.167. The number of aliphatic imine (C=N–C) groups is 1. The molecule has 4 rings (SSSR count). The van der Waals surface area contributed by atoms with E-state index >= 15 is 0 Å². The molecule has 0 aliphatic heterocycles. The minimum atomic E-state index is -0.344. The lowest BCUT2D eigenvalue weighted by Gasteiger charge is -2.14. The molecule has 0 aliphatic carbocycles. The second kappa shape index (κ2) is 8.97. The summed E-state index contributed by atoms with van der Waals surface area (Å²) in [5.74, 6) is -0.344. The smallest absolute Gasteiger partial charge is 0.326 e. The summed E-state index contributed by atoms with van der Waals surface area (Å²) in [6, 6.07) is 12.0. The van der Waals surface area contributed by atoms with Gasteiger partial charge in [-0.25, -0.2) is 19.2 Å². The summed E-state index contributed by atoms with van der Waals surface area (Å²) in [7, 11) is 1.76. The van der Waals surface area contributed by atoms with E-state index in [1.807, 2.05) is 38.1 Å². The highest BCUT2D eigenvalue weighted by atomic mass is 19.1. The van der Waals surface area contributed by atoms with Crippen molar-refractivity contribution in [2.45, 2.75) is 19.9 Å². The third-order valence-electron chi connectivity index (χ3n) is 5.03. The normalized spacial score (nSPS) is 12.5. The standard InChI is InChI=1S/C24H23FN6O/c1-15(2)31-21-8-7-18(10-20(21)30-24(31)32)23(29-13-16-11-27-14-28-12-16)22(26-3)17-5-4-6-19(25)9-17/h4-15,26H,1-3H3,(H,30,32)/b23-22-,29-13?. The first-order chi connectivity index (χ1) is 15.5. The van der Waals surface area contributed by atoms with Crippen molar-refractivity contribution < 1.29 is 4.39 Å².